The summed E-state index contributed by atoms with van der Waals surface area (Å²) >= 11 is 7.82. The quantitative estimate of drug-likeness (QED) is 0.302. The second-order valence-corrected chi connectivity index (χ2v) is 7.67. The summed E-state index contributed by atoms with van der Waals surface area (Å²) in [5.41, 5.74) is 3.05. The Kier molecular flexibility index (Phi) is 5.33. The van der Waals surface area contributed by atoms with Crippen molar-refractivity contribution < 1.29 is 4.79 Å². The van der Waals surface area contributed by atoms with Crippen molar-refractivity contribution in [3.63, 3.8) is 0 Å². The first-order valence-electron chi connectivity index (χ1n) is 8.80. The summed E-state index contributed by atoms with van der Waals surface area (Å²) in [7, 11) is 0. The number of hydrogen-bond acceptors (Lipinski definition) is 4. The standard InChI is InChI=1S/C23H17ClN2OS/c1-15-6-2-4-8-18(15)23(27)19-12-11-17(14-20(19)24)28-26-22-13-10-16-7-3-5-9-21(16)25-22/h2-14H,1H3,(H,25,26). The lowest BCUT2D eigenvalue weighted by Gasteiger charge is -2.09. The maximum absolute atomic E-state index is 12.8. The third-order valence-corrected chi connectivity index (χ3v) is 5.56. The lowest BCUT2D eigenvalue weighted by Crippen LogP contribution is -2.04. The number of aromatic nitrogens is 1. The number of halogens is 1. The van der Waals surface area contributed by atoms with Crippen LogP contribution in [0.1, 0.15) is 21.5 Å². The Labute approximate surface area is 172 Å². The smallest absolute Gasteiger partial charge is 0.194 e. The molecule has 138 valence electrons. The zero-order chi connectivity index (χ0) is 19.5. The summed E-state index contributed by atoms with van der Waals surface area (Å²) in [5, 5.41) is 1.53. The van der Waals surface area contributed by atoms with Gasteiger partial charge in [-0.1, -0.05) is 54.1 Å². The highest BCUT2D eigenvalue weighted by Crippen LogP contribution is 2.28. The second kappa shape index (κ2) is 8.05. The predicted octanol–water partition coefficient (Wildman–Crippen LogP) is 6.55. The van der Waals surface area contributed by atoms with Crippen molar-refractivity contribution in [2.75, 3.05) is 4.72 Å². The summed E-state index contributed by atoms with van der Waals surface area (Å²) in [6.07, 6.45) is 0. The van der Waals surface area contributed by atoms with Gasteiger partial charge in [0.2, 0.25) is 0 Å². The Balaban J connectivity index is 1.51. The summed E-state index contributed by atoms with van der Waals surface area (Å²) < 4.78 is 3.23. The molecule has 0 saturated heterocycles. The van der Waals surface area contributed by atoms with Gasteiger partial charge in [0.1, 0.15) is 5.82 Å². The lowest BCUT2D eigenvalue weighted by atomic mass is 9.99. The maximum atomic E-state index is 12.8. The molecule has 4 rings (SSSR count). The molecule has 28 heavy (non-hydrogen) atoms. The molecule has 0 spiro atoms. The molecule has 0 fully saturated rings. The molecule has 3 aromatic carbocycles. The van der Waals surface area contributed by atoms with Gasteiger partial charge < -0.3 is 4.72 Å². The molecule has 0 amide bonds. The highest BCUT2D eigenvalue weighted by molar-refractivity contribution is 8.00. The Bertz CT molecular complexity index is 1180. The van der Waals surface area contributed by atoms with Gasteiger partial charge in [-0.3, -0.25) is 4.79 Å². The average Bonchev–Trinajstić information content (AvgIpc) is 2.72. The van der Waals surface area contributed by atoms with Crippen LogP contribution in [0, 0.1) is 6.92 Å². The van der Waals surface area contributed by atoms with E-state index in [4.69, 9.17) is 11.6 Å². The fraction of sp³-hybridized carbons (Fsp3) is 0.0435. The molecule has 0 aliphatic carbocycles. The first-order chi connectivity index (χ1) is 13.6. The van der Waals surface area contributed by atoms with E-state index in [0.29, 0.717) is 16.1 Å². The van der Waals surface area contributed by atoms with Crippen molar-refractivity contribution in [3.8, 4) is 0 Å². The van der Waals surface area contributed by atoms with Crippen LogP contribution in [0.25, 0.3) is 10.9 Å². The number of pyridine rings is 1. The van der Waals surface area contributed by atoms with Crippen molar-refractivity contribution in [2.24, 2.45) is 0 Å². The molecule has 0 atom stereocenters. The van der Waals surface area contributed by atoms with Crippen LogP contribution in [0.4, 0.5) is 5.82 Å². The van der Waals surface area contributed by atoms with Gasteiger partial charge in [0, 0.05) is 21.4 Å². The summed E-state index contributed by atoms with van der Waals surface area (Å²) in [6.45, 7) is 1.92. The molecule has 3 nitrogen and oxygen atoms in total. The number of ketones is 1. The Morgan fingerprint density at radius 2 is 1.71 bits per heavy atom. The number of rotatable bonds is 5. The zero-order valence-electron chi connectivity index (χ0n) is 15.1. The molecule has 0 aliphatic rings. The molecule has 0 radical (unpaired) electrons. The third-order valence-electron chi connectivity index (χ3n) is 4.45. The van der Waals surface area contributed by atoms with Gasteiger partial charge in [-0.05, 0) is 60.8 Å². The number of carbonyl (C=O) groups excluding carboxylic acids is 1. The maximum Gasteiger partial charge on any atom is 0.194 e. The van der Waals surface area contributed by atoms with Crippen LogP contribution in [0.2, 0.25) is 5.02 Å². The fourth-order valence-electron chi connectivity index (χ4n) is 2.95. The minimum atomic E-state index is -0.0659. The topological polar surface area (TPSA) is 42.0 Å². The number of fused-ring (bicyclic) bond motifs is 1. The van der Waals surface area contributed by atoms with Crippen molar-refractivity contribution in [1.82, 2.24) is 4.98 Å². The molecule has 0 unspecified atom stereocenters. The lowest BCUT2D eigenvalue weighted by molar-refractivity contribution is 0.103. The van der Waals surface area contributed by atoms with Crippen molar-refractivity contribution in [3.05, 3.63) is 101 Å². The molecule has 0 bridgehead atoms. The zero-order valence-corrected chi connectivity index (χ0v) is 16.7. The summed E-state index contributed by atoms with van der Waals surface area (Å²) in [5.74, 6) is 0.698. The molecule has 1 aromatic heterocycles. The van der Waals surface area contributed by atoms with E-state index >= 15 is 0 Å². The van der Waals surface area contributed by atoms with E-state index in [1.807, 2.05) is 73.7 Å². The molecule has 0 aliphatic heterocycles. The number of aryl methyl sites for hydroxylation is 1. The van der Waals surface area contributed by atoms with Crippen LogP contribution in [-0.4, -0.2) is 10.8 Å². The van der Waals surface area contributed by atoms with Gasteiger partial charge in [0.15, 0.2) is 5.78 Å². The number of carbonyl (C=O) groups is 1. The van der Waals surface area contributed by atoms with E-state index in [2.05, 4.69) is 9.71 Å². The number of para-hydroxylation sites is 1. The van der Waals surface area contributed by atoms with Gasteiger partial charge in [-0.15, -0.1) is 0 Å². The predicted molar refractivity (Wildman–Crippen MR) is 117 cm³/mol. The number of anilines is 1. The van der Waals surface area contributed by atoms with Crippen molar-refractivity contribution in [2.45, 2.75) is 11.8 Å². The molecular weight excluding hydrogens is 388 g/mol. The van der Waals surface area contributed by atoms with E-state index in [1.165, 1.54) is 11.9 Å². The van der Waals surface area contributed by atoms with Crippen LogP contribution < -0.4 is 4.72 Å². The SMILES string of the molecule is Cc1ccccc1C(=O)c1ccc(SNc2ccc3ccccc3n2)cc1Cl. The fourth-order valence-corrected chi connectivity index (χ4v) is 3.93. The van der Waals surface area contributed by atoms with E-state index in [0.717, 1.165) is 27.2 Å². The largest absolute Gasteiger partial charge is 0.310 e. The number of benzene rings is 3. The van der Waals surface area contributed by atoms with Gasteiger partial charge in [0.25, 0.3) is 0 Å². The van der Waals surface area contributed by atoms with Gasteiger partial charge in [0.05, 0.1) is 10.5 Å². The number of nitrogens with zero attached hydrogens (tertiary/aromatic N) is 1. The molecule has 4 aromatic rings. The van der Waals surface area contributed by atoms with E-state index in [9.17, 15) is 4.79 Å². The van der Waals surface area contributed by atoms with Gasteiger partial charge in [-0.25, -0.2) is 4.98 Å². The highest BCUT2D eigenvalue weighted by Gasteiger charge is 2.15. The summed E-state index contributed by atoms with van der Waals surface area (Å²) in [4.78, 5) is 18.3. The number of hydrogen-bond donors (Lipinski definition) is 1. The minimum Gasteiger partial charge on any atom is -0.310 e. The third kappa shape index (κ3) is 3.88. The minimum absolute atomic E-state index is 0.0659. The molecule has 0 saturated carbocycles. The Hall–Kier alpha value is -2.82. The first kappa shape index (κ1) is 18.5. The Morgan fingerprint density at radius 1 is 0.929 bits per heavy atom. The van der Waals surface area contributed by atoms with Crippen LogP contribution in [0.5, 0.6) is 0 Å². The molecule has 1 heterocycles. The van der Waals surface area contributed by atoms with Crippen LogP contribution in [0.15, 0.2) is 83.8 Å². The van der Waals surface area contributed by atoms with Gasteiger partial charge in [-0.2, -0.15) is 0 Å². The van der Waals surface area contributed by atoms with Crippen LogP contribution >= 0.6 is 23.5 Å². The summed E-state index contributed by atoms with van der Waals surface area (Å²) in [6, 6.07) is 24.9. The monoisotopic (exact) mass is 404 g/mol. The van der Waals surface area contributed by atoms with Crippen molar-refractivity contribution in [1.29, 1.82) is 0 Å². The number of nitrogens with one attached hydrogen (secondary N) is 1. The van der Waals surface area contributed by atoms with E-state index in [1.54, 1.807) is 12.1 Å². The average molecular weight is 405 g/mol. The molecule has 1 N–H and O–H groups in total. The van der Waals surface area contributed by atoms with Gasteiger partial charge >= 0.3 is 0 Å². The second-order valence-electron chi connectivity index (χ2n) is 6.38. The van der Waals surface area contributed by atoms with Crippen LogP contribution in [0.3, 0.4) is 0 Å². The van der Waals surface area contributed by atoms with E-state index < -0.39 is 0 Å². The molecule has 5 heteroatoms. The highest BCUT2D eigenvalue weighted by atomic mass is 35.5. The van der Waals surface area contributed by atoms with Crippen LogP contribution in [-0.2, 0) is 0 Å². The Morgan fingerprint density at radius 3 is 2.54 bits per heavy atom. The first-order valence-corrected chi connectivity index (χ1v) is 10.00. The normalized spacial score (nSPS) is 10.8. The van der Waals surface area contributed by atoms with E-state index in [-0.39, 0.29) is 5.78 Å². The van der Waals surface area contributed by atoms with Crippen molar-refractivity contribution >= 4 is 46.1 Å². The molecular formula is C23H17ClN2OS.